The van der Waals surface area contributed by atoms with Gasteiger partial charge in [0.15, 0.2) is 0 Å². The highest BCUT2D eigenvalue weighted by atomic mass is 16.5. The normalized spacial score (nSPS) is 21.8. The Morgan fingerprint density at radius 3 is 2.62 bits per heavy atom. The number of hydrogen-bond donors (Lipinski definition) is 1. The summed E-state index contributed by atoms with van der Waals surface area (Å²) in [5.74, 6) is 1.82. The minimum atomic E-state index is 0.344. The molecule has 1 aromatic carbocycles. The molecule has 0 bridgehead atoms. The molecule has 0 aromatic heterocycles. The number of likely N-dealkylation sites (tertiary alicyclic amines) is 1. The lowest BCUT2D eigenvalue weighted by Crippen LogP contribution is -2.34. The molecule has 2 N–H and O–H groups in total. The molecule has 1 aliphatic rings. The van der Waals surface area contributed by atoms with Gasteiger partial charge in [-0.1, -0.05) is 31.9 Å². The van der Waals surface area contributed by atoms with E-state index in [4.69, 9.17) is 10.5 Å². The third-order valence-electron chi connectivity index (χ3n) is 4.74. The van der Waals surface area contributed by atoms with Crippen molar-refractivity contribution < 1.29 is 4.74 Å². The van der Waals surface area contributed by atoms with Crippen molar-refractivity contribution in [1.29, 1.82) is 0 Å². The fraction of sp³-hybridized carbons (Fsp3) is 0.667. The zero-order chi connectivity index (χ0) is 15.1. The highest BCUT2D eigenvalue weighted by Gasteiger charge is 2.23. The first kappa shape index (κ1) is 16.3. The molecule has 3 nitrogen and oxygen atoms in total. The van der Waals surface area contributed by atoms with Crippen LogP contribution in [-0.4, -0.2) is 31.6 Å². The van der Waals surface area contributed by atoms with E-state index in [1.807, 2.05) is 12.1 Å². The predicted octanol–water partition coefficient (Wildman–Crippen LogP) is 3.60. The van der Waals surface area contributed by atoms with Gasteiger partial charge in [0.2, 0.25) is 0 Å². The van der Waals surface area contributed by atoms with Gasteiger partial charge in [-0.05, 0) is 56.0 Å². The van der Waals surface area contributed by atoms with Crippen molar-refractivity contribution in [2.45, 2.75) is 45.1 Å². The molecule has 1 fully saturated rings. The lowest BCUT2D eigenvalue weighted by atomic mass is 9.96. The fourth-order valence-corrected chi connectivity index (χ4v) is 3.52. The molecule has 1 heterocycles. The van der Waals surface area contributed by atoms with Crippen LogP contribution in [0.2, 0.25) is 0 Å². The van der Waals surface area contributed by atoms with E-state index in [-0.39, 0.29) is 0 Å². The van der Waals surface area contributed by atoms with Crippen LogP contribution in [0.3, 0.4) is 0 Å². The van der Waals surface area contributed by atoms with Crippen LogP contribution in [0.5, 0.6) is 5.75 Å². The van der Waals surface area contributed by atoms with Gasteiger partial charge in [0.1, 0.15) is 5.75 Å². The van der Waals surface area contributed by atoms with E-state index in [2.05, 4.69) is 24.0 Å². The minimum Gasteiger partial charge on any atom is -0.497 e. The van der Waals surface area contributed by atoms with E-state index in [0.717, 1.165) is 11.7 Å². The van der Waals surface area contributed by atoms with E-state index in [9.17, 15) is 0 Å². The zero-order valence-corrected chi connectivity index (χ0v) is 13.6. The van der Waals surface area contributed by atoms with Crippen LogP contribution in [-0.2, 0) is 0 Å². The number of rotatable bonds is 6. The molecular weight excluding hydrogens is 260 g/mol. The van der Waals surface area contributed by atoms with Crippen LogP contribution in [0.1, 0.15) is 50.6 Å². The molecule has 0 saturated carbocycles. The Bertz CT molecular complexity index is 404. The molecule has 0 aliphatic carbocycles. The maximum absolute atomic E-state index is 6.08. The van der Waals surface area contributed by atoms with E-state index in [1.54, 1.807) is 7.11 Å². The summed E-state index contributed by atoms with van der Waals surface area (Å²) in [6.45, 7) is 5.33. The molecule has 0 amide bonds. The number of hydrogen-bond acceptors (Lipinski definition) is 3. The van der Waals surface area contributed by atoms with Gasteiger partial charge < -0.3 is 10.5 Å². The van der Waals surface area contributed by atoms with Crippen molar-refractivity contribution in [3.63, 3.8) is 0 Å². The summed E-state index contributed by atoms with van der Waals surface area (Å²) >= 11 is 0. The SMILES string of the molecule is CCCC1CCCN(C(CN)c2ccc(OC)cc2)CC1. The molecule has 2 unspecified atom stereocenters. The molecule has 0 radical (unpaired) electrons. The molecule has 2 atom stereocenters. The van der Waals surface area contributed by atoms with Gasteiger partial charge in [-0.25, -0.2) is 0 Å². The summed E-state index contributed by atoms with van der Waals surface area (Å²) in [5, 5.41) is 0. The van der Waals surface area contributed by atoms with Crippen LogP contribution in [0.25, 0.3) is 0 Å². The number of ether oxygens (including phenoxy) is 1. The molecule has 0 spiro atoms. The van der Waals surface area contributed by atoms with Crippen molar-refractivity contribution >= 4 is 0 Å². The Labute approximate surface area is 129 Å². The Morgan fingerprint density at radius 1 is 1.24 bits per heavy atom. The van der Waals surface area contributed by atoms with Crippen LogP contribution in [0, 0.1) is 5.92 Å². The largest absolute Gasteiger partial charge is 0.497 e. The second kappa shape index (κ2) is 8.40. The van der Waals surface area contributed by atoms with Gasteiger partial charge in [-0.3, -0.25) is 4.90 Å². The van der Waals surface area contributed by atoms with E-state index < -0.39 is 0 Å². The maximum atomic E-state index is 6.08. The van der Waals surface area contributed by atoms with Crippen molar-refractivity contribution in [2.24, 2.45) is 11.7 Å². The van der Waals surface area contributed by atoms with Crippen LogP contribution >= 0.6 is 0 Å². The number of nitrogens with two attached hydrogens (primary N) is 1. The summed E-state index contributed by atoms with van der Waals surface area (Å²) < 4.78 is 5.24. The second-order valence-corrected chi connectivity index (χ2v) is 6.15. The molecule has 118 valence electrons. The van der Waals surface area contributed by atoms with E-state index in [1.165, 1.54) is 50.8 Å². The van der Waals surface area contributed by atoms with Crippen LogP contribution in [0.15, 0.2) is 24.3 Å². The number of methoxy groups -OCH3 is 1. The quantitative estimate of drug-likeness (QED) is 0.870. The average molecular weight is 290 g/mol. The Hall–Kier alpha value is -1.06. The predicted molar refractivity (Wildman–Crippen MR) is 88.6 cm³/mol. The lowest BCUT2D eigenvalue weighted by Gasteiger charge is -2.30. The lowest BCUT2D eigenvalue weighted by molar-refractivity contribution is 0.206. The maximum Gasteiger partial charge on any atom is 0.118 e. The van der Waals surface area contributed by atoms with Crippen molar-refractivity contribution in [2.75, 3.05) is 26.7 Å². The second-order valence-electron chi connectivity index (χ2n) is 6.15. The highest BCUT2D eigenvalue weighted by Crippen LogP contribution is 2.28. The van der Waals surface area contributed by atoms with Crippen LogP contribution in [0.4, 0.5) is 0 Å². The number of benzene rings is 1. The molecule has 3 heteroatoms. The Balaban J connectivity index is 2.02. The standard InChI is InChI=1S/C18H30N2O/c1-3-5-15-6-4-12-20(13-11-15)18(14-19)16-7-9-17(21-2)10-8-16/h7-10,15,18H,3-6,11-14,19H2,1-2H3. The first-order valence-corrected chi connectivity index (χ1v) is 8.36. The summed E-state index contributed by atoms with van der Waals surface area (Å²) in [7, 11) is 1.71. The summed E-state index contributed by atoms with van der Waals surface area (Å²) in [6, 6.07) is 8.73. The first-order chi connectivity index (χ1) is 10.3. The van der Waals surface area contributed by atoms with E-state index >= 15 is 0 Å². The van der Waals surface area contributed by atoms with E-state index in [0.29, 0.717) is 12.6 Å². The smallest absolute Gasteiger partial charge is 0.118 e. The van der Waals surface area contributed by atoms with Crippen LogP contribution < -0.4 is 10.5 Å². The van der Waals surface area contributed by atoms with Gasteiger partial charge >= 0.3 is 0 Å². The van der Waals surface area contributed by atoms with Crippen molar-refractivity contribution in [3.8, 4) is 5.75 Å². The fourth-order valence-electron chi connectivity index (χ4n) is 3.52. The third kappa shape index (κ3) is 4.45. The molecule has 1 aromatic rings. The summed E-state index contributed by atoms with van der Waals surface area (Å²) in [6.07, 6.45) is 6.69. The van der Waals surface area contributed by atoms with Gasteiger partial charge in [0.25, 0.3) is 0 Å². The molecule has 2 rings (SSSR count). The minimum absolute atomic E-state index is 0.344. The van der Waals surface area contributed by atoms with Gasteiger partial charge in [0.05, 0.1) is 7.11 Å². The average Bonchev–Trinajstić information content (AvgIpc) is 2.75. The Kier molecular flexibility index (Phi) is 6.52. The molecule has 21 heavy (non-hydrogen) atoms. The highest BCUT2D eigenvalue weighted by molar-refractivity contribution is 5.29. The number of nitrogens with zero attached hydrogens (tertiary/aromatic N) is 1. The zero-order valence-electron chi connectivity index (χ0n) is 13.6. The summed E-state index contributed by atoms with van der Waals surface area (Å²) in [5.41, 5.74) is 7.39. The van der Waals surface area contributed by atoms with Gasteiger partial charge in [-0.15, -0.1) is 0 Å². The third-order valence-corrected chi connectivity index (χ3v) is 4.74. The topological polar surface area (TPSA) is 38.5 Å². The van der Waals surface area contributed by atoms with Gasteiger partial charge in [0, 0.05) is 12.6 Å². The monoisotopic (exact) mass is 290 g/mol. The van der Waals surface area contributed by atoms with Crippen molar-refractivity contribution in [1.82, 2.24) is 4.90 Å². The molecule has 1 saturated heterocycles. The molecular formula is C18H30N2O. The van der Waals surface area contributed by atoms with Gasteiger partial charge in [-0.2, -0.15) is 0 Å². The first-order valence-electron chi connectivity index (χ1n) is 8.36. The Morgan fingerprint density at radius 2 is 2.00 bits per heavy atom. The molecule has 1 aliphatic heterocycles. The summed E-state index contributed by atoms with van der Waals surface area (Å²) in [4.78, 5) is 2.58. The van der Waals surface area contributed by atoms with Crippen molar-refractivity contribution in [3.05, 3.63) is 29.8 Å².